The van der Waals surface area contributed by atoms with Crippen molar-refractivity contribution in [2.45, 2.75) is 20.4 Å². The molecule has 0 fully saturated rings. The maximum absolute atomic E-state index is 6.07. The highest BCUT2D eigenvalue weighted by Crippen LogP contribution is 2.20. The number of aromatic nitrogens is 2. The van der Waals surface area contributed by atoms with Gasteiger partial charge in [0, 0.05) is 35.6 Å². The van der Waals surface area contributed by atoms with Crippen molar-refractivity contribution in [2.75, 3.05) is 5.32 Å². The van der Waals surface area contributed by atoms with Gasteiger partial charge in [0.05, 0.1) is 6.20 Å². The molecule has 0 aliphatic rings. The molecule has 0 atom stereocenters. The van der Waals surface area contributed by atoms with Crippen LogP contribution in [0, 0.1) is 13.8 Å². The quantitative estimate of drug-likeness (QED) is 0.905. The summed E-state index contributed by atoms with van der Waals surface area (Å²) in [7, 11) is 1.95. The van der Waals surface area contributed by atoms with Gasteiger partial charge in [0.1, 0.15) is 0 Å². The molecule has 1 N–H and O–H groups in total. The van der Waals surface area contributed by atoms with E-state index in [1.165, 1.54) is 11.3 Å². The first-order valence-corrected chi connectivity index (χ1v) is 5.93. The van der Waals surface area contributed by atoms with Crippen LogP contribution < -0.4 is 5.32 Å². The van der Waals surface area contributed by atoms with Gasteiger partial charge in [-0.2, -0.15) is 5.10 Å². The van der Waals surface area contributed by atoms with Crippen LogP contribution in [0.1, 0.15) is 16.8 Å². The van der Waals surface area contributed by atoms with Crippen molar-refractivity contribution in [3.8, 4) is 0 Å². The number of nitrogens with one attached hydrogen (secondary N) is 1. The summed E-state index contributed by atoms with van der Waals surface area (Å²) >= 11 is 6.07. The van der Waals surface area contributed by atoms with Gasteiger partial charge in [-0.05, 0) is 31.5 Å². The Hall–Kier alpha value is -1.48. The fourth-order valence-electron chi connectivity index (χ4n) is 1.62. The number of aryl methyl sites for hydroxylation is 2. The summed E-state index contributed by atoms with van der Waals surface area (Å²) in [5.41, 5.74) is 4.50. The molecule has 0 saturated carbocycles. The lowest BCUT2D eigenvalue weighted by Gasteiger charge is -2.07. The van der Waals surface area contributed by atoms with Gasteiger partial charge in [-0.1, -0.05) is 17.7 Å². The molecule has 0 amide bonds. The molecule has 0 aliphatic carbocycles. The Bertz CT molecular complexity index is 531. The van der Waals surface area contributed by atoms with Crippen molar-refractivity contribution in [1.29, 1.82) is 0 Å². The topological polar surface area (TPSA) is 29.9 Å². The zero-order valence-corrected chi connectivity index (χ0v) is 11.0. The Morgan fingerprint density at radius 3 is 2.71 bits per heavy atom. The maximum Gasteiger partial charge on any atom is 0.0542 e. The van der Waals surface area contributed by atoms with Gasteiger partial charge in [-0.15, -0.1) is 0 Å². The zero-order valence-electron chi connectivity index (χ0n) is 10.3. The minimum Gasteiger partial charge on any atom is -0.381 e. The van der Waals surface area contributed by atoms with Gasteiger partial charge in [0.15, 0.2) is 0 Å². The average Bonchev–Trinajstić information content (AvgIpc) is 2.62. The van der Waals surface area contributed by atoms with Gasteiger partial charge in [-0.3, -0.25) is 4.68 Å². The van der Waals surface area contributed by atoms with E-state index >= 15 is 0 Å². The summed E-state index contributed by atoms with van der Waals surface area (Å²) in [4.78, 5) is 0. The van der Waals surface area contributed by atoms with Crippen molar-refractivity contribution in [3.63, 3.8) is 0 Å². The molecule has 17 heavy (non-hydrogen) atoms. The second kappa shape index (κ2) is 4.80. The summed E-state index contributed by atoms with van der Waals surface area (Å²) in [5.74, 6) is 0. The number of hydrogen-bond acceptors (Lipinski definition) is 2. The fraction of sp³-hybridized carbons (Fsp3) is 0.308. The summed E-state index contributed by atoms with van der Waals surface area (Å²) in [6, 6.07) is 6.00. The van der Waals surface area contributed by atoms with Gasteiger partial charge < -0.3 is 5.32 Å². The fourth-order valence-corrected chi connectivity index (χ4v) is 1.80. The summed E-state index contributed by atoms with van der Waals surface area (Å²) in [6.45, 7) is 4.82. The lowest BCUT2D eigenvalue weighted by Crippen LogP contribution is -2.01. The lowest BCUT2D eigenvalue weighted by molar-refractivity contribution is 0.738. The average molecular weight is 250 g/mol. The molecule has 2 aromatic rings. The number of nitrogens with zero attached hydrogens (tertiary/aromatic N) is 2. The Balaban J connectivity index is 2.07. The zero-order chi connectivity index (χ0) is 12.4. The monoisotopic (exact) mass is 249 g/mol. The Morgan fingerprint density at radius 2 is 2.12 bits per heavy atom. The third-order valence-electron chi connectivity index (χ3n) is 2.99. The van der Waals surface area contributed by atoms with Crippen LogP contribution in [0.15, 0.2) is 24.4 Å². The van der Waals surface area contributed by atoms with Crippen molar-refractivity contribution in [1.82, 2.24) is 9.78 Å². The molecule has 2 rings (SSSR count). The van der Waals surface area contributed by atoms with Gasteiger partial charge in [0.2, 0.25) is 0 Å². The van der Waals surface area contributed by atoms with Crippen LogP contribution in [0.4, 0.5) is 5.69 Å². The number of benzene rings is 1. The molecule has 90 valence electrons. The molecule has 1 aromatic heterocycles. The van der Waals surface area contributed by atoms with Gasteiger partial charge >= 0.3 is 0 Å². The highest BCUT2D eigenvalue weighted by molar-refractivity contribution is 6.31. The van der Waals surface area contributed by atoms with Crippen molar-refractivity contribution >= 4 is 17.3 Å². The van der Waals surface area contributed by atoms with Crippen LogP contribution in [0.25, 0.3) is 0 Å². The Morgan fingerprint density at radius 1 is 1.35 bits per heavy atom. The molecule has 1 heterocycles. The number of rotatable bonds is 3. The molecule has 0 bridgehead atoms. The highest BCUT2D eigenvalue weighted by Gasteiger charge is 2.03. The lowest BCUT2D eigenvalue weighted by atomic mass is 10.2. The number of halogens is 1. The molecule has 3 nitrogen and oxygen atoms in total. The second-order valence-corrected chi connectivity index (χ2v) is 4.60. The van der Waals surface area contributed by atoms with Crippen molar-refractivity contribution in [2.24, 2.45) is 7.05 Å². The van der Waals surface area contributed by atoms with Crippen LogP contribution in [-0.2, 0) is 13.6 Å². The van der Waals surface area contributed by atoms with Crippen LogP contribution in [0.2, 0.25) is 5.02 Å². The van der Waals surface area contributed by atoms with Crippen molar-refractivity contribution in [3.05, 3.63) is 46.2 Å². The third kappa shape index (κ3) is 2.61. The molecule has 0 unspecified atom stereocenters. The Kier molecular flexibility index (Phi) is 3.38. The molecular formula is C13H16ClN3. The van der Waals surface area contributed by atoms with E-state index in [1.54, 1.807) is 0 Å². The van der Waals surface area contributed by atoms with E-state index in [4.69, 9.17) is 11.6 Å². The van der Waals surface area contributed by atoms with E-state index in [0.29, 0.717) is 0 Å². The second-order valence-electron chi connectivity index (χ2n) is 4.20. The van der Waals surface area contributed by atoms with E-state index < -0.39 is 0 Å². The summed E-state index contributed by atoms with van der Waals surface area (Å²) in [5, 5.41) is 8.35. The molecule has 4 heteroatoms. The smallest absolute Gasteiger partial charge is 0.0542 e. The molecule has 0 radical (unpaired) electrons. The maximum atomic E-state index is 6.07. The molecule has 0 spiro atoms. The standard InChI is InChI=1S/C13H16ClN3/c1-9-4-5-12(6-13(9)14)15-7-11-8-16-17(3)10(11)2/h4-6,8,15H,7H2,1-3H3. The van der Waals surface area contributed by atoms with E-state index in [9.17, 15) is 0 Å². The van der Waals surface area contributed by atoms with Crippen LogP contribution in [0.3, 0.4) is 0 Å². The van der Waals surface area contributed by atoms with E-state index in [0.717, 1.165) is 22.8 Å². The Labute approximate surface area is 106 Å². The van der Waals surface area contributed by atoms with Gasteiger partial charge in [0.25, 0.3) is 0 Å². The predicted octanol–water partition coefficient (Wildman–Crippen LogP) is 3.30. The van der Waals surface area contributed by atoms with Crippen LogP contribution in [0.5, 0.6) is 0 Å². The van der Waals surface area contributed by atoms with E-state index in [1.807, 2.05) is 43.0 Å². The molecule has 0 aliphatic heterocycles. The first-order chi connectivity index (χ1) is 8.08. The minimum atomic E-state index is 0.763. The normalized spacial score (nSPS) is 10.6. The van der Waals surface area contributed by atoms with E-state index in [-0.39, 0.29) is 0 Å². The number of anilines is 1. The first kappa shape index (κ1) is 12.0. The summed E-state index contributed by atoms with van der Waals surface area (Å²) < 4.78 is 1.87. The third-order valence-corrected chi connectivity index (χ3v) is 3.40. The number of hydrogen-bond donors (Lipinski definition) is 1. The SMILES string of the molecule is Cc1ccc(NCc2cnn(C)c2C)cc1Cl. The first-order valence-electron chi connectivity index (χ1n) is 5.55. The predicted molar refractivity (Wildman–Crippen MR) is 71.5 cm³/mol. The molecule has 1 aromatic carbocycles. The highest BCUT2D eigenvalue weighted by atomic mass is 35.5. The van der Waals surface area contributed by atoms with E-state index in [2.05, 4.69) is 17.3 Å². The minimum absolute atomic E-state index is 0.763. The van der Waals surface area contributed by atoms with Crippen LogP contribution >= 0.6 is 11.6 Å². The molecule has 0 saturated heterocycles. The van der Waals surface area contributed by atoms with Crippen LogP contribution in [-0.4, -0.2) is 9.78 Å². The summed E-state index contributed by atoms with van der Waals surface area (Å²) in [6.07, 6.45) is 1.89. The molecular weight excluding hydrogens is 234 g/mol. The van der Waals surface area contributed by atoms with Gasteiger partial charge in [-0.25, -0.2) is 0 Å². The van der Waals surface area contributed by atoms with Crippen molar-refractivity contribution < 1.29 is 0 Å². The largest absolute Gasteiger partial charge is 0.381 e.